The Kier molecular flexibility index (Phi) is 28.5. The van der Waals surface area contributed by atoms with Crippen LogP contribution >= 0.6 is 25.7 Å². The van der Waals surface area contributed by atoms with Gasteiger partial charge in [0.1, 0.15) is 17.2 Å². The van der Waals surface area contributed by atoms with E-state index in [1.165, 1.54) is 93.0 Å². The third-order valence-corrected chi connectivity index (χ3v) is 21.7. The second kappa shape index (κ2) is 35.7. The van der Waals surface area contributed by atoms with Gasteiger partial charge in [-0.1, -0.05) is 273 Å². The molecule has 9 aromatic rings. The second-order valence-electron chi connectivity index (χ2n) is 29.1. The number of rotatable bonds is 21. The molecule has 0 spiro atoms. The second-order valence-corrected chi connectivity index (χ2v) is 33.0. The Balaban J connectivity index is 0.000000209. The van der Waals surface area contributed by atoms with E-state index in [2.05, 4.69) is 291 Å². The Morgan fingerprint density at radius 3 is 0.939 bits per heavy atom. The van der Waals surface area contributed by atoms with E-state index in [9.17, 15) is 0 Å². The standard InChI is InChI=1S/C31H40NO2P.2C28H34NO2P/c1-21-14-13-17-24(27(32-8)22-15-11-10-12-16-22)29(21)35-26-19-23(30(2,3)4)18-25(31(5,6)7)28(26)34-20-33-9;1-19-16-23(28(3,4)5)26(31-18-30-7)24(17-19)32-27-20(2)12-11-15-22(27)25(29-6)21-13-9-8-10-14-21;1-19-12-11-15-23(25(29-6)21-13-9-8-10-14-21)27(19)32-24-17-22(28(3,4)5)16-20(2)26(24)31-18-30-7/h10-19,35H,20H2,1-9H3;2*8-17,32H,18H2,1-7H3. The first-order chi connectivity index (χ1) is 47.0. The zero-order chi connectivity index (χ0) is 72.4. The molecule has 3 atom stereocenters. The van der Waals surface area contributed by atoms with E-state index in [0.717, 1.165) is 56.6 Å². The first-order valence-electron chi connectivity index (χ1n) is 34.0. The van der Waals surface area contributed by atoms with Crippen molar-refractivity contribution in [1.29, 1.82) is 0 Å². The molecule has 0 radical (unpaired) electrons. The van der Waals surface area contributed by atoms with Crippen molar-refractivity contribution in [1.82, 2.24) is 0 Å². The summed E-state index contributed by atoms with van der Waals surface area (Å²) in [5.74, 6) is 2.80. The first kappa shape index (κ1) is 78.9. The molecule has 0 aliphatic carbocycles. The number of hydrogen-bond acceptors (Lipinski definition) is 9. The van der Waals surface area contributed by atoms with Crippen LogP contribution in [-0.4, -0.2) is 80.0 Å². The highest BCUT2D eigenvalue weighted by Gasteiger charge is 2.29. The third-order valence-electron chi connectivity index (χ3n) is 17.1. The fourth-order valence-electron chi connectivity index (χ4n) is 11.8. The van der Waals surface area contributed by atoms with Crippen molar-refractivity contribution >= 4 is 74.7 Å². The minimum Gasteiger partial charge on any atom is -0.467 e. The van der Waals surface area contributed by atoms with Gasteiger partial charge in [0.2, 0.25) is 0 Å². The summed E-state index contributed by atoms with van der Waals surface area (Å²) in [6.45, 7) is 38.5. The van der Waals surface area contributed by atoms with Crippen molar-refractivity contribution in [2.45, 2.75) is 139 Å². The van der Waals surface area contributed by atoms with E-state index < -0.39 is 0 Å². The molecule has 0 amide bonds. The van der Waals surface area contributed by atoms with Crippen molar-refractivity contribution in [3.8, 4) is 17.2 Å². The summed E-state index contributed by atoms with van der Waals surface area (Å²) in [5.41, 5.74) is 21.1. The fourth-order valence-corrected chi connectivity index (χ4v) is 16.2. The Morgan fingerprint density at radius 1 is 0.323 bits per heavy atom. The summed E-state index contributed by atoms with van der Waals surface area (Å²) >= 11 is 0. The Hall–Kier alpha value is -7.44. The van der Waals surface area contributed by atoms with Crippen molar-refractivity contribution in [2.24, 2.45) is 15.0 Å². The van der Waals surface area contributed by atoms with E-state index in [1.807, 2.05) is 39.3 Å². The van der Waals surface area contributed by atoms with Crippen LogP contribution in [0.5, 0.6) is 17.2 Å². The van der Waals surface area contributed by atoms with Gasteiger partial charge in [0.15, 0.2) is 20.4 Å². The summed E-state index contributed by atoms with van der Waals surface area (Å²) in [6, 6.07) is 64.4. The number of benzene rings is 9. The van der Waals surface area contributed by atoms with Crippen molar-refractivity contribution < 1.29 is 28.4 Å². The smallest absolute Gasteiger partial charge is 0.188 e. The number of aliphatic imine (C=N–C) groups is 3. The van der Waals surface area contributed by atoms with Crippen molar-refractivity contribution in [3.05, 3.63) is 265 Å². The quantitative estimate of drug-likeness (QED) is 0.0404. The van der Waals surface area contributed by atoms with Crippen LogP contribution < -0.4 is 46.0 Å². The van der Waals surface area contributed by atoms with Crippen LogP contribution in [0, 0.1) is 34.6 Å². The summed E-state index contributed by atoms with van der Waals surface area (Å²) < 4.78 is 34.4. The molecule has 9 nitrogen and oxygen atoms in total. The molecule has 3 unspecified atom stereocenters. The van der Waals surface area contributed by atoms with Gasteiger partial charge in [0.05, 0.1) is 17.1 Å². The Morgan fingerprint density at radius 2 is 0.626 bits per heavy atom. The molecule has 0 fully saturated rings. The van der Waals surface area contributed by atoms with E-state index in [1.54, 1.807) is 21.3 Å². The van der Waals surface area contributed by atoms with Crippen molar-refractivity contribution in [2.75, 3.05) is 62.9 Å². The zero-order valence-corrected chi connectivity index (χ0v) is 66.2. The highest BCUT2D eigenvalue weighted by atomic mass is 31.1. The fraction of sp³-hybridized carbons (Fsp3) is 0.345. The first-order valence-corrected chi connectivity index (χ1v) is 37.0. The molecule has 0 aromatic heterocycles. The van der Waals surface area contributed by atoms with Crippen LogP contribution in [0.4, 0.5) is 0 Å². The summed E-state index contributed by atoms with van der Waals surface area (Å²) in [6.07, 6.45) is 0. The highest BCUT2D eigenvalue weighted by Crippen LogP contribution is 2.40. The van der Waals surface area contributed by atoms with Gasteiger partial charge in [-0.25, -0.2) is 0 Å². The normalized spacial score (nSPS) is 12.7. The molecule has 0 N–H and O–H groups in total. The number of aryl methyl sites for hydroxylation is 5. The molecule has 0 aliphatic heterocycles. The van der Waals surface area contributed by atoms with Gasteiger partial charge in [-0.3, -0.25) is 15.0 Å². The lowest BCUT2D eigenvalue weighted by Crippen LogP contribution is -2.25. The molecule has 0 aliphatic rings. The number of ether oxygens (including phenoxy) is 6. The molecular weight excluding hydrogens is 1280 g/mol. The van der Waals surface area contributed by atoms with Crippen LogP contribution in [0.3, 0.4) is 0 Å². The van der Waals surface area contributed by atoms with Crippen LogP contribution in [0.15, 0.2) is 197 Å². The minimum atomic E-state index is -0.0712. The van der Waals surface area contributed by atoms with E-state index in [4.69, 9.17) is 33.4 Å². The predicted octanol–water partition coefficient (Wildman–Crippen LogP) is 18.0. The highest BCUT2D eigenvalue weighted by molar-refractivity contribution is 7.56. The number of nitrogens with zero attached hydrogens (tertiary/aromatic N) is 3. The van der Waals surface area contributed by atoms with Crippen molar-refractivity contribution in [3.63, 3.8) is 0 Å². The molecule has 522 valence electrons. The Labute approximate surface area is 599 Å². The maximum Gasteiger partial charge on any atom is 0.188 e. The average Bonchev–Trinajstić information content (AvgIpc) is 0.793. The average molecular weight is 1380 g/mol. The van der Waals surface area contributed by atoms with Gasteiger partial charge in [-0.05, 0) is 129 Å². The molecule has 0 saturated heterocycles. The molecular formula is C87H108N3O6P3. The van der Waals surface area contributed by atoms with Gasteiger partial charge in [-0.2, -0.15) is 0 Å². The van der Waals surface area contributed by atoms with Crippen LogP contribution in [0.25, 0.3) is 0 Å². The SMILES string of the molecule is CN=C(c1ccccc1)c1cccc(C)c1Pc1cc(C(C)(C)C)cc(C(C)(C)C)c1OCOC.CN=C(c1ccccc1)c1cccc(C)c1Pc1cc(C(C)(C)C)cc(C)c1OCOC.CN=C(c1ccccc1)c1cccc(C)c1Pc1cc(C)cc(C(C)(C)C)c1OCOC. The predicted molar refractivity (Wildman–Crippen MR) is 431 cm³/mol. The van der Waals surface area contributed by atoms with Gasteiger partial charge in [0.25, 0.3) is 0 Å². The zero-order valence-electron chi connectivity index (χ0n) is 63.2. The number of hydrogen-bond donors (Lipinski definition) is 0. The lowest BCUT2D eigenvalue weighted by atomic mass is 9.80. The summed E-state index contributed by atoms with van der Waals surface area (Å²) in [4.78, 5) is 14.1. The van der Waals surface area contributed by atoms with Crippen LogP contribution in [-0.2, 0) is 35.9 Å². The van der Waals surface area contributed by atoms with E-state index >= 15 is 0 Å². The topological polar surface area (TPSA) is 92.5 Å². The molecule has 99 heavy (non-hydrogen) atoms. The van der Waals surface area contributed by atoms with E-state index in [0.29, 0.717) is 25.7 Å². The van der Waals surface area contributed by atoms with Crippen LogP contribution in [0.2, 0.25) is 0 Å². The Bertz CT molecular complexity index is 4140. The summed E-state index contributed by atoms with van der Waals surface area (Å²) in [5, 5.41) is 7.50. The van der Waals surface area contributed by atoms with Crippen LogP contribution in [0.1, 0.15) is 167 Å². The largest absolute Gasteiger partial charge is 0.467 e. The maximum atomic E-state index is 6.29. The molecule has 9 aromatic carbocycles. The maximum absolute atomic E-state index is 6.29. The number of methoxy groups -OCH3 is 3. The van der Waals surface area contributed by atoms with Gasteiger partial charge < -0.3 is 28.4 Å². The lowest BCUT2D eigenvalue weighted by Gasteiger charge is -2.29. The van der Waals surface area contributed by atoms with Gasteiger partial charge in [0, 0.05) is 103 Å². The molecule has 0 saturated carbocycles. The molecule has 9 rings (SSSR count). The third kappa shape index (κ3) is 20.9. The lowest BCUT2D eigenvalue weighted by molar-refractivity contribution is 0.0504. The van der Waals surface area contributed by atoms with Gasteiger partial charge in [-0.15, -0.1) is 0 Å². The molecule has 12 heteroatoms. The minimum absolute atomic E-state index is 0.0215. The van der Waals surface area contributed by atoms with E-state index in [-0.39, 0.29) is 42.0 Å². The monoisotopic (exact) mass is 1380 g/mol. The molecule has 0 heterocycles. The van der Waals surface area contributed by atoms with Gasteiger partial charge >= 0.3 is 0 Å². The molecule has 0 bridgehead atoms. The summed E-state index contributed by atoms with van der Waals surface area (Å²) in [7, 11) is 11.9.